The van der Waals surface area contributed by atoms with E-state index in [9.17, 15) is 9.18 Å². The number of nitrogens with zero attached hydrogens (tertiary/aromatic N) is 1. The Morgan fingerprint density at radius 2 is 2.24 bits per heavy atom. The maximum absolute atomic E-state index is 13.7. The topological polar surface area (TPSA) is 68.0 Å². The van der Waals surface area contributed by atoms with E-state index in [2.05, 4.69) is 22.1 Å². The van der Waals surface area contributed by atoms with Crippen LogP contribution in [0.2, 0.25) is 5.02 Å². The molecule has 1 amide bonds. The molecular weight excluding hydrogens is 293 g/mol. The fourth-order valence-electron chi connectivity index (χ4n) is 1.62. The Bertz CT molecular complexity index is 737. The van der Waals surface area contributed by atoms with Crippen LogP contribution in [-0.2, 0) is 0 Å². The number of carbonyl (C=O) groups excluding carboxylic acids is 1. The second kappa shape index (κ2) is 6.84. The number of amides is 1. The van der Waals surface area contributed by atoms with Crippen LogP contribution in [0.25, 0.3) is 0 Å². The predicted octanol–water partition coefficient (Wildman–Crippen LogP) is 2.44. The predicted molar refractivity (Wildman–Crippen MR) is 79.5 cm³/mol. The first-order chi connectivity index (χ1) is 10.1. The van der Waals surface area contributed by atoms with Crippen LogP contribution in [0.5, 0.6) is 0 Å². The molecule has 0 aliphatic heterocycles. The Labute approximate surface area is 126 Å². The molecule has 2 aromatic rings. The minimum atomic E-state index is -0.612. The number of hydrogen-bond donors (Lipinski definition) is 2. The third kappa shape index (κ3) is 3.78. The summed E-state index contributed by atoms with van der Waals surface area (Å²) in [5, 5.41) is 2.72. The van der Waals surface area contributed by atoms with Gasteiger partial charge < -0.3 is 11.1 Å². The van der Waals surface area contributed by atoms with Crippen LogP contribution in [0.15, 0.2) is 36.7 Å². The van der Waals surface area contributed by atoms with Crippen molar-refractivity contribution < 1.29 is 9.18 Å². The second-order valence-corrected chi connectivity index (χ2v) is 4.44. The van der Waals surface area contributed by atoms with E-state index in [0.717, 1.165) is 6.07 Å². The number of nitrogens with two attached hydrogens (primary N) is 1. The van der Waals surface area contributed by atoms with E-state index in [1.165, 1.54) is 30.6 Å². The molecule has 0 radical (unpaired) electrons. The largest absolute Gasteiger partial charge is 0.320 e. The molecule has 0 saturated heterocycles. The zero-order chi connectivity index (χ0) is 15.2. The summed E-state index contributed by atoms with van der Waals surface area (Å²) in [6.45, 7) is 0.168. The van der Waals surface area contributed by atoms with Crippen LogP contribution < -0.4 is 11.1 Å². The van der Waals surface area contributed by atoms with Gasteiger partial charge >= 0.3 is 0 Å². The fourth-order valence-corrected chi connectivity index (χ4v) is 1.78. The Morgan fingerprint density at radius 3 is 2.95 bits per heavy atom. The molecule has 106 valence electrons. The molecule has 0 spiro atoms. The lowest BCUT2D eigenvalue weighted by atomic mass is 10.1. The van der Waals surface area contributed by atoms with Crippen molar-refractivity contribution in [2.24, 2.45) is 5.73 Å². The Morgan fingerprint density at radius 1 is 1.43 bits per heavy atom. The van der Waals surface area contributed by atoms with E-state index in [-0.39, 0.29) is 17.3 Å². The molecule has 0 saturated carbocycles. The van der Waals surface area contributed by atoms with Crippen molar-refractivity contribution in [1.82, 2.24) is 4.98 Å². The lowest BCUT2D eigenvalue weighted by molar-refractivity contribution is 0.102. The second-order valence-electron chi connectivity index (χ2n) is 4.01. The third-order valence-corrected chi connectivity index (χ3v) is 2.81. The van der Waals surface area contributed by atoms with Crippen molar-refractivity contribution in [3.05, 3.63) is 58.6 Å². The van der Waals surface area contributed by atoms with Gasteiger partial charge in [-0.2, -0.15) is 0 Å². The molecule has 3 N–H and O–H groups in total. The molecular formula is C15H11ClFN3O. The van der Waals surface area contributed by atoms with Gasteiger partial charge in [-0.05, 0) is 24.3 Å². The number of halogens is 2. The van der Waals surface area contributed by atoms with Crippen molar-refractivity contribution in [1.29, 1.82) is 0 Å². The molecule has 4 nitrogen and oxygen atoms in total. The third-order valence-electron chi connectivity index (χ3n) is 2.57. The van der Waals surface area contributed by atoms with Gasteiger partial charge in [0.25, 0.3) is 5.91 Å². The molecule has 1 aromatic heterocycles. The molecule has 1 heterocycles. The van der Waals surface area contributed by atoms with E-state index in [1.807, 2.05) is 0 Å². The van der Waals surface area contributed by atoms with Gasteiger partial charge in [-0.25, -0.2) is 4.39 Å². The molecule has 6 heteroatoms. The van der Waals surface area contributed by atoms with E-state index in [4.69, 9.17) is 17.3 Å². The zero-order valence-electron chi connectivity index (χ0n) is 10.9. The number of nitrogens with one attached hydrogen (secondary N) is 1. The monoisotopic (exact) mass is 303 g/mol. The molecule has 2 rings (SSSR count). The maximum atomic E-state index is 13.7. The summed E-state index contributed by atoms with van der Waals surface area (Å²) < 4.78 is 13.7. The SMILES string of the molecule is NCC#Cc1cnccc1C(=O)Nc1ccc(Cl)cc1F. The van der Waals surface area contributed by atoms with Gasteiger partial charge in [0.2, 0.25) is 0 Å². The van der Waals surface area contributed by atoms with Crippen LogP contribution in [0.3, 0.4) is 0 Å². The smallest absolute Gasteiger partial charge is 0.257 e. The summed E-state index contributed by atoms with van der Waals surface area (Å²) in [4.78, 5) is 16.1. The Balaban J connectivity index is 2.28. The van der Waals surface area contributed by atoms with Crippen molar-refractivity contribution in [3.8, 4) is 11.8 Å². The van der Waals surface area contributed by atoms with Crippen LogP contribution in [0, 0.1) is 17.7 Å². The highest BCUT2D eigenvalue weighted by atomic mass is 35.5. The lowest BCUT2D eigenvalue weighted by Gasteiger charge is -2.08. The zero-order valence-corrected chi connectivity index (χ0v) is 11.6. The van der Waals surface area contributed by atoms with E-state index in [0.29, 0.717) is 11.1 Å². The first-order valence-electron chi connectivity index (χ1n) is 6.01. The first kappa shape index (κ1) is 15.0. The first-order valence-corrected chi connectivity index (χ1v) is 6.39. The normalized spacial score (nSPS) is 9.67. The highest BCUT2D eigenvalue weighted by Gasteiger charge is 2.12. The van der Waals surface area contributed by atoms with E-state index < -0.39 is 11.7 Å². The van der Waals surface area contributed by atoms with Gasteiger partial charge in [0.15, 0.2) is 0 Å². The Kier molecular flexibility index (Phi) is 4.88. The van der Waals surface area contributed by atoms with Crippen molar-refractivity contribution >= 4 is 23.2 Å². The standard InChI is InChI=1S/C15H11ClFN3O/c16-11-3-4-14(13(17)8-11)20-15(21)12-5-7-19-9-10(12)2-1-6-18/h3-5,7-9H,6,18H2,(H,20,21). The van der Waals surface area contributed by atoms with Gasteiger partial charge in [-0.3, -0.25) is 9.78 Å². The number of hydrogen-bond acceptors (Lipinski definition) is 3. The maximum Gasteiger partial charge on any atom is 0.257 e. The van der Waals surface area contributed by atoms with Gasteiger partial charge in [0.1, 0.15) is 5.82 Å². The molecule has 0 aliphatic rings. The number of anilines is 1. The highest BCUT2D eigenvalue weighted by Crippen LogP contribution is 2.20. The van der Waals surface area contributed by atoms with Crippen molar-refractivity contribution in [2.45, 2.75) is 0 Å². The Hall–Kier alpha value is -2.42. The van der Waals surface area contributed by atoms with E-state index in [1.54, 1.807) is 0 Å². The van der Waals surface area contributed by atoms with Crippen LogP contribution in [0.1, 0.15) is 15.9 Å². The molecule has 0 fully saturated rings. The summed E-state index contributed by atoms with van der Waals surface area (Å²) in [7, 11) is 0. The average Bonchev–Trinajstić information content (AvgIpc) is 2.48. The highest BCUT2D eigenvalue weighted by molar-refractivity contribution is 6.30. The summed E-state index contributed by atoms with van der Waals surface area (Å²) in [5.74, 6) is 4.30. The molecule has 0 unspecified atom stereocenters. The van der Waals surface area contributed by atoms with E-state index >= 15 is 0 Å². The van der Waals surface area contributed by atoms with Gasteiger partial charge in [-0.15, -0.1) is 0 Å². The van der Waals surface area contributed by atoms with Gasteiger partial charge in [-0.1, -0.05) is 23.4 Å². The molecule has 21 heavy (non-hydrogen) atoms. The van der Waals surface area contributed by atoms with Crippen molar-refractivity contribution in [3.63, 3.8) is 0 Å². The number of benzene rings is 1. The summed E-state index contributed by atoms with van der Waals surface area (Å²) >= 11 is 5.66. The number of pyridine rings is 1. The summed E-state index contributed by atoms with van der Waals surface area (Å²) in [5.41, 5.74) is 6.06. The van der Waals surface area contributed by atoms with Gasteiger partial charge in [0.05, 0.1) is 23.4 Å². The summed E-state index contributed by atoms with van der Waals surface area (Å²) in [6.07, 6.45) is 2.91. The molecule has 0 aliphatic carbocycles. The quantitative estimate of drug-likeness (QED) is 0.837. The van der Waals surface area contributed by atoms with Crippen LogP contribution >= 0.6 is 11.6 Å². The van der Waals surface area contributed by atoms with Crippen LogP contribution in [0.4, 0.5) is 10.1 Å². The minimum absolute atomic E-state index is 0.0407. The lowest BCUT2D eigenvalue weighted by Crippen LogP contribution is -2.14. The minimum Gasteiger partial charge on any atom is -0.320 e. The number of rotatable bonds is 2. The molecule has 0 atom stereocenters. The molecule has 1 aromatic carbocycles. The number of carbonyl (C=O) groups is 1. The fraction of sp³-hybridized carbons (Fsp3) is 0.0667. The summed E-state index contributed by atoms with van der Waals surface area (Å²) in [6, 6.07) is 5.51. The average molecular weight is 304 g/mol. The van der Waals surface area contributed by atoms with Crippen LogP contribution in [-0.4, -0.2) is 17.4 Å². The van der Waals surface area contributed by atoms with Crippen molar-refractivity contribution in [2.75, 3.05) is 11.9 Å². The van der Waals surface area contributed by atoms with Gasteiger partial charge in [0, 0.05) is 17.4 Å². The molecule has 0 bridgehead atoms. The number of aromatic nitrogens is 1.